The van der Waals surface area contributed by atoms with Crippen LogP contribution in [0.2, 0.25) is 0 Å². The van der Waals surface area contributed by atoms with Crippen molar-refractivity contribution < 1.29 is 35.3 Å². The fraction of sp³-hybridized carbons (Fsp3) is 0.182. The highest BCUT2D eigenvalue weighted by Crippen LogP contribution is 2.30. The van der Waals surface area contributed by atoms with E-state index in [1.165, 1.54) is 0 Å². The smallest absolute Gasteiger partial charge is 0.341 e. The highest BCUT2D eigenvalue weighted by molar-refractivity contribution is 7.87. The Morgan fingerprint density at radius 2 is 1.61 bits per heavy atom. The van der Waals surface area contributed by atoms with Crippen molar-refractivity contribution in [2.75, 3.05) is 12.4 Å². The van der Waals surface area contributed by atoms with Crippen LogP contribution in [0.5, 0.6) is 5.88 Å². The summed E-state index contributed by atoms with van der Waals surface area (Å²) >= 11 is 0. The summed E-state index contributed by atoms with van der Waals surface area (Å²) in [6.07, 6.45) is 0. The van der Waals surface area contributed by atoms with Gasteiger partial charge < -0.3 is 14.2 Å². The van der Waals surface area contributed by atoms with Gasteiger partial charge in [-0.1, -0.05) is 17.7 Å². The number of hydrogen-bond donors (Lipinski definition) is 1. The van der Waals surface area contributed by atoms with Gasteiger partial charge in [0.2, 0.25) is 0 Å². The average molecular weight is 480 g/mol. The second-order valence-electron chi connectivity index (χ2n) is 7.18. The van der Waals surface area contributed by atoms with Crippen LogP contribution in [0, 0.1) is 38.2 Å². The second kappa shape index (κ2) is 9.10. The number of carbonyl (C=O) groups excluding carboxylic acids is 1. The van der Waals surface area contributed by atoms with Crippen molar-refractivity contribution in [2.24, 2.45) is 0 Å². The molecule has 0 fully saturated rings. The molecule has 0 aliphatic heterocycles. The summed E-state index contributed by atoms with van der Waals surface area (Å²) in [7, 11) is -3.50. The Morgan fingerprint density at radius 1 is 0.970 bits per heavy atom. The molecular weight excluding hydrogens is 461 g/mol. The first kappa shape index (κ1) is 24.1. The van der Waals surface area contributed by atoms with E-state index in [0.29, 0.717) is 23.3 Å². The van der Waals surface area contributed by atoms with E-state index in [1.807, 2.05) is 0 Å². The van der Waals surface area contributed by atoms with Crippen molar-refractivity contribution >= 4 is 27.6 Å². The summed E-state index contributed by atoms with van der Waals surface area (Å²) in [5, 5.41) is 2.41. The molecule has 3 rings (SSSR count). The zero-order chi connectivity index (χ0) is 24.5. The van der Waals surface area contributed by atoms with Gasteiger partial charge in [0.1, 0.15) is 27.9 Å². The van der Waals surface area contributed by atoms with Crippen molar-refractivity contribution in [2.45, 2.75) is 25.7 Å². The Balaban J connectivity index is 2.09. The van der Waals surface area contributed by atoms with Gasteiger partial charge in [-0.25, -0.2) is 18.0 Å². The number of anilines is 2. The van der Waals surface area contributed by atoms with Gasteiger partial charge in [-0.15, -0.1) is 0 Å². The number of benzene rings is 2. The van der Waals surface area contributed by atoms with E-state index >= 15 is 0 Å². The monoisotopic (exact) mass is 480 g/mol. The Bertz CT molecular complexity index is 1340. The molecule has 0 radical (unpaired) electrons. The number of methoxy groups -OCH3 is 1. The number of rotatable bonds is 6. The van der Waals surface area contributed by atoms with Crippen LogP contribution >= 0.6 is 0 Å². The van der Waals surface area contributed by atoms with Gasteiger partial charge in [-0.3, -0.25) is 0 Å². The summed E-state index contributed by atoms with van der Waals surface area (Å²) in [4.78, 5) is 15.7. The predicted molar refractivity (Wildman–Crippen MR) is 114 cm³/mol. The molecule has 33 heavy (non-hydrogen) atoms. The maximum atomic E-state index is 14.7. The van der Waals surface area contributed by atoms with Gasteiger partial charge in [0.25, 0.3) is 5.88 Å². The first-order valence-electron chi connectivity index (χ1n) is 9.46. The molecule has 1 N–H and O–H groups in total. The number of hydrogen-bond acceptors (Lipinski definition) is 7. The zero-order valence-electron chi connectivity index (χ0n) is 18.0. The van der Waals surface area contributed by atoms with E-state index in [2.05, 4.69) is 15.0 Å². The van der Waals surface area contributed by atoms with Crippen LogP contribution in [0.25, 0.3) is 0 Å². The zero-order valence-corrected chi connectivity index (χ0v) is 18.8. The largest absolute Gasteiger partial charge is 0.465 e. The highest BCUT2D eigenvalue weighted by Gasteiger charge is 2.27. The Hall–Kier alpha value is -3.60. The van der Waals surface area contributed by atoms with E-state index in [4.69, 9.17) is 4.18 Å². The molecule has 0 spiro atoms. The van der Waals surface area contributed by atoms with E-state index in [9.17, 15) is 26.4 Å². The lowest BCUT2D eigenvalue weighted by atomic mass is 10.1. The fourth-order valence-electron chi connectivity index (χ4n) is 3.32. The first-order chi connectivity index (χ1) is 15.4. The second-order valence-corrected chi connectivity index (χ2v) is 8.66. The lowest BCUT2D eigenvalue weighted by molar-refractivity contribution is 0.0601. The Morgan fingerprint density at radius 3 is 2.18 bits per heavy atom. The summed E-state index contributed by atoms with van der Waals surface area (Å²) in [5.41, 5.74) is 0.811. The maximum Gasteiger partial charge on any atom is 0.341 e. The van der Waals surface area contributed by atoms with Crippen LogP contribution in [0.15, 0.2) is 41.3 Å². The number of aromatic nitrogens is 1. The molecule has 0 unspecified atom stereocenters. The van der Waals surface area contributed by atoms with Gasteiger partial charge in [0.15, 0.2) is 5.82 Å². The normalized spacial score (nSPS) is 11.2. The van der Waals surface area contributed by atoms with Gasteiger partial charge >= 0.3 is 16.1 Å². The lowest BCUT2D eigenvalue weighted by Crippen LogP contribution is -2.16. The topological polar surface area (TPSA) is 94.6 Å². The van der Waals surface area contributed by atoms with Crippen molar-refractivity contribution in [1.29, 1.82) is 0 Å². The first-order valence-corrected chi connectivity index (χ1v) is 10.9. The Labute approximate surface area is 188 Å². The molecule has 2 aromatic carbocycles. The van der Waals surface area contributed by atoms with Crippen LogP contribution in [-0.2, 0) is 14.9 Å². The number of ether oxygens (including phenoxy) is 1. The molecule has 1 aromatic heterocycles. The van der Waals surface area contributed by atoms with Crippen LogP contribution in [-0.4, -0.2) is 26.5 Å². The van der Waals surface area contributed by atoms with E-state index in [1.54, 1.807) is 32.9 Å². The molecule has 0 bridgehead atoms. The minimum atomic E-state index is -4.53. The van der Waals surface area contributed by atoms with E-state index in [0.717, 1.165) is 24.8 Å². The number of carbonyl (C=O) groups is 1. The molecule has 0 aliphatic carbocycles. The minimum absolute atomic E-state index is 0.162. The molecule has 0 amide bonds. The maximum absolute atomic E-state index is 14.7. The quantitative estimate of drug-likeness (QED) is 0.403. The molecule has 3 aromatic rings. The number of nitrogens with zero attached hydrogens (tertiary/aromatic N) is 1. The van der Waals surface area contributed by atoms with Crippen LogP contribution in [0.3, 0.4) is 0 Å². The number of aryl methyl sites for hydroxylation is 3. The number of halogens is 3. The number of esters is 1. The third kappa shape index (κ3) is 5.08. The van der Waals surface area contributed by atoms with Gasteiger partial charge in [0.05, 0.1) is 12.8 Å². The summed E-state index contributed by atoms with van der Waals surface area (Å²) in [6.45, 7) is 4.91. The van der Waals surface area contributed by atoms with Gasteiger partial charge in [-0.2, -0.15) is 13.4 Å². The minimum Gasteiger partial charge on any atom is -0.465 e. The van der Waals surface area contributed by atoms with Crippen LogP contribution < -0.4 is 9.50 Å². The van der Waals surface area contributed by atoms with Crippen molar-refractivity contribution in [1.82, 2.24) is 4.98 Å². The third-order valence-corrected chi connectivity index (χ3v) is 6.10. The molecule has 7 nitrogen and oxygen atoms in total. The lowest BCUT2D eigenvalue weighted by Gasteiger charge is -2.15. The fourth-order valence-corrected chi connectivity index (χ4v) is 4.63. The standard InChI is InChI=1S/C22H19F3N2O5S/c1-11-7-12(2)19(13(3)8-11)33(29,30)32-21-17(25)10-15(22(28)31-4)20(27-21)26-18-6-5-14(23)9-16(18)24/h5-10H,1-4H3,(H,26,27). The molecule has 0 atom stereocenters. The van der Waals surface area contributed by atoms with E-state index in [-0.39, 0.29) is 10.6 Å². The molecular formula is C22H19F3N2O5S. The van der Waals surface area contributed by atoms with Crippen molar-refractivity contribution in [3.8, 4) is 5.88 Å². The predicted octanol–water partition coefficient (Wildman–Crippen LogP) is 4.72. The number of nitrogens with one attached hydrogen (secondary N) is 1. The van der Waals surface area contributed by atoms with Gasteiger partial charge in [-0.05, 0) is 50.1 Å². The number of pyridine rings is 1. The Kier molecular flexibility index (Phi) is 6.63. The summed E-state index contributed by atoms with van der Waals surface area (Å²) < 4.78 is 77.3. The summed E-state index contributed by atoms with van der Waals surface area (Å²) in [5.74, 6) is -5.63. The van der Waals surface area contributed by atoms with Crippen LogP contribution in [0.4, 0.5) is 24.7 Å². The summed E-state index contributed by atoms with van der Waals surface area (Å²) in [6, 6.07) is 6.43. The SMILES string of the molecule is COC(=O)c1cc(F)c(OS(=O)(=O)c2c(C)cc(C)cc2C)nc1Nc1ccc(F)cc1F. The average Bonchev–Trinajstić information content (AvgIpc) is 2.70. The van der Waals surface area contributed by atoms with Crippen molar-refractivity contribution in [3.63, 3.8) is 0 Å². The molecule has 0 saturated carbocycles. The molecule has 0 aliphatic rings. The molecule has 11 heteroatoms. The van der Waals surface area contributed by atoms with Crippen molar-refractivity contribution in [3.05, 3.63) is 76.1 Å². The highest BCUT2D eigenvalue weighted by atomic mass is 32.2. The van der Waals surface area contributed by atoms with E-state index < -0.39 is 50.8 Å². The molecule has 174 valence electrons. The van der Waals surface area contributed by atoms with Gasteiger partial charge in [0, 0.05) is 6.07 Å². The molecule has 0 saturated heterocycles. The third-order valence-electron chi connectivity index (χ3n) is 4.58. The van der Waals surface area contributed by atoms with Crippen LogP contribution in [0.1, 0.15) is 27.0 Å². The molecule has 1 heterocycles.